The minimum Gasteiger partial charge on any atom is -0.420 e. The predicted octanol–water partition coefficient (Wildman–Crippen LogP) is 4.69. The SMILES string of the molecule is CCCOC(C)OC(=O)Nc1ccc2[nH]cc(C3CCN(CC)CC3)c2c1. The fraction of sp³-hybridized carbons (Fsp3) is 0.571. The molecule has 1 amide bonds. The van der Waals surface area contributed by atoms with Crippen LogP contribution in [0.4, 0.5) is 10.5 Å². The van der Waals surface area contributed by atoms with E-state index in [1.165, 1.54) is 23.8 Å². The molecule has 1 aliphatic rings. The zero-order chi connectivity index (χ0) is 19.2. The monoisotopic (exact) mass is 373 g/mol. The van der Waals surface area contributed by atoms with E-state index in [1.807, 2.05) is 25.1 Å². The molecule has 1 aliphatic heterocycles. The highest BCUT2D eigenvalue weighted by Gasteiger charge is 2.22. The van der Waals surface area contributed by atoms with Crippen LogP contribution >= 0.6 is 0 Å². The largest absolute Gasteiger partial charge is 0.420 e. The van der Waals surface area contributed by atoms with Gasteiger partial charge in [0.2, 0.25) is 6.29 Å². The average molecular weight is 373 g/mol. The molecular weight excluding hydrogens is 342 g/mol. The Bertz CT molecular complexity index is 750. The van der Waals surface area contributed by atoms with Gasteiger partial charge >= 0.3 is 6.09 Å². The number of ether oxygens (including phenoxy) is 2. The van der Waals surface area contributed by atoms with Gasteiger partial charge in [0, 0.05) is 22.8 Å². The molecule has 6 nitrogen and oxygen atoms in total. The summed E-state index contributed by atoms with van der Waals surface area (Å²) in [6.45, 7) is 9.95. The van der Waals surface area contributed by atoms with Gasteiger partial charge in [0.1, 0.15) is 0 Å². The average Bonchev–Trinajstić information content (AvgIpc) is 3.09. The second-order valence-electron chi connectivity index (χ2n) is 7.18. The fourth-order valence-electron chi connectivity index (χ4n) is 3.73. The van der Waals surface area contributed by atoms with Crippen LogP contribution in [-0.4, -0.2) is 48.5 Å². The number of fused-ring (bicyclic) bond motifs is 1. The van der Waals surface area contributed by atoms with E-state index in [0.717, 1.165) is 37.3 Å². The number of H-pyrrole nitrogens is 1. The van der Waals surface area contributed by atoms with E-state index >= 15 is 0 Å². The van der Waals surface area contributed by atoms with E-state index in [2.05, 4.69) is 28.3 Å². The standard InChI is InChI=1S/C21H31N3O3/c1-4-12-26-15(3)27-21(25)23-17-6-7-20-18(13-17)19(14-22-20)16-8-10-24(5-2)11-9-16/h6-7,13-16,22H,4-5,8-12H2,1-3H3,(H,23,25). The lowest BCUT2D eigenvalue weighted by Crippen LogP contribution is -2.32. The van der Waals surface area contributed by atoms with Crippen molar-refractivity contribution in [3.05, 3.63) is 30.0 Å². The number of carbonyl (C=O) groups is 1. The zero-order valence-electron chi connectivity index (χ0n) is 16.6. The normalized spacial score (nSPS) is 17.1. The lowest BCUT2D eigenvalue weighted by atomic mass is 9.89. The second kappa shape index (κ2) is 9.24. The molecule has 1 aromatic heterocycles. The highest BCUT2D eigenvalue weighted by atomic mass is 16.7. The molecule has 2 N–H and O–H groups in total. The molecule has 0 radical (unpaired) electrons. The van der Waals surface area contributed by atoms with Crippen molar-refractivity contribution in [1.29, 1.82) is 0 Å². The van der Waals surface area contributed by atoms with Gasteiger partial charge < -0.3 is 19.4 Å². The summed E-state index contributed by atoms with van der Waals surface area (Å²) in [7, 11) is 0. The van der Waals surface area contributed by atoms with Gasteiger partial charge in [-0.2, -0.15) is 0 Å². The van der Waals surface area contributed by atoms with Gasteiger partial charge in [0.05, 0.1) is 6.61 Å². The first-order valence-corrected chi connectivity index (χ1v) is 10.0. The van der Waals surface area contributed by atoms with Crippen molar-refractivity contribution in [2.24, 2.45) is 0 Å². The summed E-state index contributed by atoms with van der Waals surface area (Å²) >= 11 is 0. The Kier molecular flexibility index (Phi) is 6.74. The van der Waals surface area contributed by atoms with Crippen LogP contribution in [0.15, 0.2) is 24.4 Å². The van der Waals surface area contributed by atoms with Crippen LogP contribution in [0, 0.1) is 0 Å². The number of likely N-dealkylation sites (tertiary alicyclic amines) is 1. The third-order valence-corrected chi connectivity index (χ3v) is 5.26. The molecule has 148 valence electrons. The number of aromatic nitrogens is 1. The van der Waals surface area contributed by atoms with Crippen LogP contribution in [0.25, 0.3) is 10.9 Å². The molecule has 1 fully saturated rings. The Morgan fingerprint density at radius 2 is 2.11 bits per heavy atom. The maximum Gasteiger partial charge on any atom is 0.413 e. The topological polar surface area (TPSA) is 66.6 Å². The smallest absolute Gasteiger partial charge is 0.413 e. The summed E-state index contributed by atoms with van der Waals surface area (Å²) in [6, 6.07) is 5.93. The maximum absolute atomic E-state index is 12.1. The van der Waals surface area contributed by atoms with Crippen molar-refractivity contribution in [1.82, 2.24) is 9.88 Å². The molecule has 27 heavy (non-hydrogen) atoms. The molecule has 2 aromatic rings. The molecule has 1 atom stereocenters. The van der Waals surface area contributed by atoms with Crippen molar-refractivity contribution in [3.63, 3.8) is 0 Å². The van der Waals surface area contributed by atoms with E-state index in [9.17, 15) is 4.79 Å². The summed E-state index contributed by atoms with van der Waals surface area (Å²) in [5, 5.41) is 3.99. The Labute approximate surface area is 161 Å². The number of hydrogen-bond donors (Lipinski definition) is 2. The van der Waals surface area contributed by atoms with Gasteiger partial charge in [0.25, 0.3) is 0 Å². The van der Waals surface area contributed by atoms with Gasteiger partial charge in [-0.1, -0.05) is 13.8 Å². The fourth-order valence-corrected chi connectivity index (χ4v) is 3.73. The number of benzene rings is 1. The molecule has 1 aromatic carbocycles. The number of hydrogen-bond acceptors (Lipinski definition) is 4. The third-order valence-electron chi connectivity index (χ3n) is 5.26. The lowest BCUT2D eigenvalue weighted by Gasteiger charge is -2.30. The summed E-state index contributed by atoms with van der Waals surface area (Å²) in [5.41, 5.74) is 3.18. The molecule has 3 rings (SSSR count). The quantitative estimate of drug-likeness (QED) is 0.691. The Morgan fingerprint density at radius 3 is 2.81 bits per heavy atom. The van der Waals surface area contributed by atoms with Gasteiger partial charge in [-0.3, -0.25) is 5.32 Å². The molecule has 1 unspecified atom stereocenters. The minimum atomic E-state index is -0.555. The molecule has 2 heterocycles. The molecule has 0 spiro atoms. The number of aromatic amines is 1. The van der Waals surface area contributed by atoms with Gasteiger partial charge in [0.15, 0.2) is 0 Å². The Balaban J connectivity index is 1.67. The molecule has 0 bridgehead atoms. The number of nitrogens with one attached hydrogen (secondary N) is 2. The second-order valence-corrected chi connectivity index (χ2v) is 7.18. The van der Waals surface area contributed by atoms with Crippen LogP contribution in [0.2, 0.25) is 0 Å². The minimum absolute atomic E-state index is 0.494. The molecule has 1 saturated heterocycles. The first kappa shape index (κ1) is 19.7. The number of amides is 1. The van der Waals surface area contributed by atoms with Gasteiger partial charge in [-0.15, -0.1) is 0 Å². The number of anilines is 1. The van der Waals surface area contributed by atoms with Crippen LogP contribution in [0.1, 0.15) is 51.5 Å². The lowest BCUT2D eigenvalue weighted by molar-refractivity contribution is -0.0870. The third kappa shape index (κ3) is 5.02. The van der Waals surface area contributed by atoms with Crippen LogP contribution in [-0.2, 0) is 9.47 Å². The zero-order valence-corrected chi connectivity index (χ0v) is 16.6. The first-order chi connectivity index (χ1) is 13.1. The number of rotatable bonds is 7. The van der Waals surface area contributed by atoms with Gasteiger partial charge in [-0.05, 0) is 75.5 Å². The van der Waals surface area contributed by atoms with Crippen molar-refractivity contribution < 1.29 is 14.3 Å². The summed E-state index contributed by atoms with van der Waals surface area (Å²) in [6.07, 6.45) is 4.31. The van der Waals surface area contributed by atoms with Crippen molar-refractivity contribution in [2.45, 2.75) is 52.2 Å². The highest BCUT2D eigenvalue weighted by Crippen LogP contribution is 2.34. The first-order valence-electron chi connectivity index (χ1n) is 10.0. The summed E-state index contributed by atoms with van der Waals surface area (Å²) in [5.74, 6) is 0.561. The Morgan fingerprint density at radius 1 is 1.33 bits per heavy atom. The molecule has 6 heteroatoms. The van der Waals surface area contributed by atoms with E-state index in [-0.39, 0.29) is 0 Å². The van der Waals surface area contributed by atoms with E-state index in [1.54, 1.807) is 6.92 Å². The number of piperidine rings is 1. The Hall–Kier alpha value is -2.05. The predicted molar refractivity (Wildman–Crippen MR) is 108 cm³/mol. The van der Waals surface area contributed by atoms with E-state index in [4.69, 9.17) is 9.47 Å². The van der Waals surface area contributed by atoms with Gasteiger partial charge in [-0.25, -0.2) is 4.79 Å². The van der Waals surface area contributed by atoms with Crippen molar-refractivity contribution in [2.75, 3.05) is 31.6 Å². The molecule has 0 saturated carbocycles. The summed E-state index contributed by atoms with van der Waals surface area (Å²) in [4.78, 5) is 18.0. The maximum atomic E-state index is 12.1. The summed E-state index contributed by atoms with van der Waals surface area (Å²) < 4.78 is 10.6. The van der Waals surface area contributed by atoms with Crippen molar-refractivity contribution >= 4 is 22.7 Å². The molecule has 0 aliphatic carbocycles. The molecular formula is C21H31N3O3. The van der Waals surface area contributed by atoms with Crippen LogP contribution < -0.4 is 5.32 Å². The van der Waals surface area contributed by atoms with Crippen molar-refractivity contribution in [3.8, 4) is 0 Å². The van der Waals surface area contributed by atoms with Crippen LogP contribution in [0.5, 0.6) is 0 Å². The van der Waals surface area contributed by atoms with E-state index < -0.39 is 12.4 Å². The number of carbonyl (C=O) groups excluding carboxylic acids is 1. The number of nitrogens with zero attached hydrogens (tertiary/aromatic N) is 1. The van der Waals surface area contributed by atoms with E-state index in [0.29, 0.717) is 12.5 Å². The highest BCUT2D eigenvalue weighted by molar-refractivity contribution is 5.91. The van der Waals surface area contributed by atoms with Crippen LogP contribution in [0.3, 0.4) is 0 Å².